The van der Waals surface area contributed by atoms with Gasteiger partial charge in [0.2, 0.25) is 5.95 Å². The van der Waals surface area contributed by atoms with Gasteiger partial charge in [-0.05, 0) is 67.0 Å². The van der Waals surface area contributed by atoms with Crippen molar-refractivity contribution in [1.29, 1.82) is 0 Å². The fourth-order valence-electron chi connectivity index (χ4n) is 4.71. The number of carboxylic acid groups (broad SMARTS) is 1. The zero-order valence-electron chi connectivity index (χ0n) is 22.6. The standard InChI is InChI=1S/C30H35ClN4O4/c1-20(2)19-39-24-13-6-21(7-14-24)8-15-26-25(29(38)34(3)18-28(36)37)17-32-30(33-26)35-16-4-5-27(35)22-9-11-23(31)12-10-22/h6-7,9-14,17,20,27H,4-5,8,15-16,18-19H2,1-3H3,(H,36,37)/t27-/m0/s1. The quantitative estimate of drug-likeness (QED) is 0.339. The van der Waals surface area contributed by atoms with Crippen LogP contribution in [0.1, 0.15) is 59.9 Å². The molecule has 3 aromatic rings. The number of hydrogen-bond donors (Lipinski definition) is 1. The Morgan fingerprint density at radius 1 is 1.13 bits per heavy atom. The van der Waals surface area contributed by atoms with Crippen molar-refractivity contribution in [1.82, 2.24) is 14.9 Å². The van der Waals surface area contributed by atoms with Crippen LogP contribution in [0.5, 0.6) is 5.75 Å². The number of nitrogens with zero attached hydrogens (tertiary/aromatic N) is 4. The predicted octanol–water partition coefficient (Wildman–Crippen LogP) is 5.45. The first kappa shape index (κ1) is 28.4. The number of ether oxygens (including phenoxy) is 1. The maximum Gasteiger partial charge on any atom is 0.323 e. The van der Waals surface area contributed by atoms with E-state index < -0.39 is 18.4 Å². The molecule has 1 aromatic heterocycles. The van der Waals surface area contributed by atoms with Gasteiger partial charge in [-0.3, -0.25) is 9.59 Å². The van der Waals surface area contributed by atoms with Crippen LogP contribution in [0, 0.1) is 5.92 Å². The number of benzene rings is 2. The van der Waals surface area contributed by atoms with Crippen LogP contribution in [-0.4, -0.2) is 58.6 Å². The van der Waals surface area contributed by atoms with Gasteiger partial charge in [0.1, 0.15) is 12.3 Å². The predicted molar refractivity (Wildman–Crippen MR) is 152 cm³/mol. The van der Waals surface area contributed by atoms with Crippen molar-refractivity contribution >= 4 is 29.4 Å². The first-order chi connectivity index (χ1) is 18.7. The minimum Gasteiger partial charge on any atom is -0.493 e. The highest BCUT2D eigenvalue weighted by Crippen LogP contribution is 2.35. The summed E-state index contributed by atoms with van der Waals surface area (Å²) in [5.74, 6) is 0.351. The number of aromatic nitrogens is 2. The normalized spacial score (nSPS) is 15.0. The maximum absolute atomic E-state index is 13.2. The SMILES string of the molecule is CC(C)COc1ccc(CCc2nc(N3CCC[C@H]3c3ccc(Cl)cc3)ncc2C(=O)N(C)CC(=O)O)cc1. The van der Waals surface area contributed by atoms with Gasteiger partial charge in [-0.2, -0.15) is 0 Å². The van der Waals surface area contributed by atoms with Crippen molar-refractivity contribution in [3.8, 4) is 5.75 Å². The van der Waals surface area contributed by atoms with E-state index in [1.165, 1.54) is 11.9 Å². The molecular formula is C30H35ClN4O4. The van der Waals surface area contributed by atoms with E-state index in [2.05, 4.69) is 23.7 Å². The smallest absolute Gasteiger partial charge is 0.323 e. The second-order valence-electron chi connectivity index (χ2n) is 10.3. The second kappa shape index (κ2) is 12.9. The summed E-state index contributed by atoms with van der Waals surface area (Å²) in [5.41, 5.74) is 3.15. The minimum atomic E-state index is -1.08. The second-order valence-corrected chi connectivity index (χ2v) is 10.8. The van der Waals surface area contributed by atoms with Gasteiger partial charge in [0.25, 0.3) is 5.91 Å². The Labute approximate surface area is 234 Å². The van der Waals surface area contributed by atoms with Gasteiger partial charge in [0.05, 0.1) is 23.9 Å². The summed E-state index contributed by atoms with van der Waals surface area (Å²) in [6.07, 6.45) is 4.67. The van der Waals surface area contributed by atoms with Gasteiger partial charge >= 0.3 is 5.97 Å². The van der Waals surface area contributed by atoms with Crippen LogP contribution in [0.4, 0.5) is 5.95 Å². The molecule has 0 bridgehead atoms. The Morgan fingerprint density at radius 2 is 1.85 bits per heavy atom. The van der Waals surface area contributed by atoms with Crippen LogP contribution in [0.3, 0.4) is 0 Å². The molecule has 1 amide bonds. The van der Waals surface area contributed by atoms with Crippen LogP contribution >= 0.6 is 11.6 Å². The van der Waals surface area contributed by atoms with E-state index in [9.17, 15) is 14.7 Å². The van der Waals surface area contributed by atoms with Crippen molar-refractivity contribution in [2.75, 3.05) is 31.6 Å². The van der Waals surface area contributed by atoms with E-state index in [1.54, 1.807) is 6.20 Å². The Balaban J connectivity index is 1.58. The lowest BCUT2D eigenvalue weighted by molar-refractivity contribution is -0.137. The Morgan fingerprint density at radius 3 is 2.51 bits per heavy atom. The number of carbonyl (C=O) groups excluding carboxylic acids is 1. The lowest BCUT2D eigenvalue weighted by Gasteiger charge is -2.26. The summed E-state index contributed by atoms with van der Waals surface area (Å²) < 4.78 is 5.79. The summed E-state index contributed by atoms with van der Waals surface area (Å²) in [6, 6.07) is 15.9. The topological polar surface area (TPSA) is 95.9 Å². The Bertz CT molecular complexity index is 1280. The molecule has 0 unspecified atom stereocenters. The summed E-state index contributed by atoms with van der Waals surface area (Å²) in [7, 11) is 1.47. The highest BCUT2D eigenvalue weighted by molar-refractivity contribution is 6.30. The molecule has 1 N–H and O–H groups in total. The molecule has 4 rings (SSSR count). The van der Waals surface area contributed by atoms with E-state index >= 15 is 0 Å². The average Bonchev–Trinajstić information content (AvgIpc) is 3.41. The number of halogens is 1. The number of carbonyl (C=O) groups is 2. The molecule has 2 heterocycles. The highest BCUT2D eigenvalue weighted by atomic mass is 35.5. The van der Waals surface area contributed by atoms with Gasteiger partial charge in [0.15, 0.2) is 0 Å². The lowest BCUT2D eigenvalue weighted by Crippen LogP contribution is -2.33. The van der Waals surface area contributed by atoms with E-state index in [1.807, 2.05) is 48.5 Å². The molecule has 9 heteroatoms. The Kier molecular flexibility index (Phi) is 9.41. The van der Waals surface area contributed by atoms with E-state index in [0.29, 0.717) is 47.6 Å². The molecule has 0 spiro atoms. The third-order valence-corrected chi connectivity index (χ3v) is 6.98. The zero-order valence-corrected chi connectivity index (χ0v) is 23.4. The van der Waals surface area contributed by atoms with Gasteiger partial charge in [0, 0.05) is 24.8 Å². The fraction of sp³-hybridized carbons (Fsp3) is 0.400. The van der Waals surface area contributed by atoms with Gasteiger partial charge in [-0.1, -0.05) is 49.7 Å². The summed E-state index contributed by atoms with van der Waals surface area (Å²) >= 11 is 6.10. The number of hydrogen-bond acceptors (Lipinski definition) is 6. The number of aryl methyl sites for hydroxylation is 2. The van der Waals surface area contributed by atoms with Crippen molar-refractivity contribution < 1.29 is 19.4 Å². The lowest BCUT2D eigenvalue weighted by atomic mass is 10.0. The fourth-order valence-corrected chi connectivity index (χ4v) is 4.84. The number of carboxylic acids is 1. The molecule has 0 aliphatic carbocycles. The van der Waals surface area contributed by atoms with Gasteiger partial charge in [-0.25, -0.2) is 9.97 Å². The number of anilines is 1. The van der Waals surface area contributed by atoms with E-state index in [-0.39, 0.29) is 6.04 Å². The first-order valence-corrected chi connectivity index (χ1v) is 13.7. The number of likely N-dealkylation sites (N-methyl/N-ethyl adjacent to an activating group) is 1. The van der Waals surface area contributed by atoms with E-state index in [4.69, 9.17) is 21.3 Å². The number of amides is 1. The first-order valence-electron chi connectivity index (χ1n) is 13.3. The van der Waals surface area contributed by atoms with Crippen LogP contribution < -0.4 is 9.64 Å². The monoisotopic (exact) mass is 550 g/mol. The van der Waals surface area contributed by atoms with E-state index in [0.717, 1.165) is 36.3 Å². The van der Waals surface area contributed by atoms with Crippen molar-refractivity contribution in [2.24, 2.45) is 5.92 Å². The molecule has 1 saturated heterocycles. The zero-order chi connectivity index (χ0) is 27.9. The van der Waals surface area contributed by atoms with Crippen molar-refractivity contribution in [3.63, 3.8) is 0 Å². The summed E-state index contributed by atoms with van der Waals surface area (Å²) in [5, 5.41) is 9.87. The summed E-state index contributed by atoms with van der Waals surface area (Å²) in [6.45, 7) is 5.28. The number of rotatable bonds is 11. The minimum absolute atomic E-state index is 0.115. The maximum atomic E-state index is 13.2. The molecule has 1 fully saturated rings. The molecule has 8 nitrogen and oxygen atoms in total. The largest absolute Gasteiger partial charge is 0.493 e. The third kappa shape index (κ3) is 7.47. The van der Waals surface area contributed by atoms with Crippen LogP contribution in [0.2, 0.25) is 5.02 Å². The highest BCUT2D eigenvalue weighted by Gasteiger charge is 2.29. The molecule has 2 aromatic carbocycles. The van der Waals surface area contributed by atoms with Crippen molar-refractivity contribution in [2.45, 2.75) is 45.6 Å². The van der Waals surface area contributed by atoms with Crippen LogP contribution in [0.15, 0.2) is 54.7 Å². The molecule has 0 radical (unpaired) electrons. The molecule has 1 aliphatic heterocycles. The van der Waals surface area contributed by atoms with Crippen LogP contribution in [0.25, 0.3) is 0 Å². The molecule has 206 valence electrons. The Hall–Kier alpha value is -3.65. The van der Waals surface area contributed by atoms with Gasteiger partial charge < -0.3 is 19.6 Å². The van der Waals surface area contributed by atoms with Gasteiger partial charge in [-0.15, -0.1) is 0 Å². The molecule has 0 saturated carbocycles. The molecule has 1 aliphatic rings. The molecule has 1 atom stereocenters. The average molecular weight is 551 g/mol. The van der Waals surface area contributed by atoms with Crippen molar-refractivity contribution in [3.05, 3.63) is 82.1 Å². The van der Waals surface area contributed by atoms with Crippen LogP contribution in [-0.2, 0) is 17.6 Å². The molecular weight excluding hydrogens is 516 g/mol. The number of aliphatic carboxylic acids is 1. The summed E-state index contributed by atoms with van der Waals surface area (Å²) in [4.78, 5) is 37.2. The third-order valence-electron chi connectivity index (χ3n) is 6.73. The molecule has 39 heavy (non-hydrogen) atoms.